The monoisotopic (exact) mass is 608 g/mol. The van der Waals surface area contributed by atoms with Crippen LogP contribution in [0.25, 0.3) is 12.2 Å². The number of carbonyl (C=O) groups is 2. The van der Waals surface area contributed by atoms with Crippen molar-refractivity contribution in [3.63, 3.8) is 0 Å². The number of allylic oxidation sites excluding steroid dienone is 4. The van der Waals surface area contributed by atoms with Gasteiger partial charge in [0.2, 0.25) is 11.8 Å². The highest BCUT2D eigenvalue weighted by Gasteiger charge is 2.21. The van der Waals surface area contributed by atoms with Crippen molar-refractivity contribution in [3.8, 4) is 0 Å². The van der Waals surface area contributed by atoms with Crippen LogP contribution in [0.5, 0.6) is 0 Å². The molecular weight excluding hydrogens is 556 g/mol. The number of piperazine rings is 2. The lowest BCUT2D eigenvalue weighted by atomic mass is 10.0. The van der Waals surface area contributed by atoms with Crippen molar-refractivity contribution < 1.29 is 9.59 Å². The second kappa shape index (κ2) is 16.5. The fourth-order valence-corrected chi connectivity index (χ4v) is 6.05. The van der Waals surface area contributed by atoms with Crippen molar-refractivity contribution in [1.82, 2.24) is 19.6 Å². The summed E-state index contributed by atoms with van der Waals surface area (Å²) in [5.74, 6) is 0.176. The van der Waals surface area contributed by atoms with E-state index in [0.717, 1.165) is 83.0 Å². The van der Waals surface area contributed by atoms with Crippen LogP contribution >= 0.6 is 0 Å². The fourth-order valence-electron chi connectivity index (χ4n) is 6.05. The number of aryl methyl sites for hydroxylation is 4. The average molecular weight is 609 g/mol. The number of rotatable bonds is 10. The first kappa shape index (κ1) is 34.1. The standard InChI is InChI=1S/C39H52N4O2/c1-30-26-36(27-31(2)34(30)5)12-7-9-14-38(44)42-22-18-40(19-23-42)16-11-17-41-20-24-43(25-21-41)39(45)15-10-8-13-37-28-32(3)35(6)33(4)29-37/h7-10,12-15,26-29H,11,16-25H2,1-6H3/b12-7+,13-8+,14-9+,15-10+. The van der Waals surface area contributed by atoms with Gasteiger partial charge in [-0.2, -0.15) is 0 Å². The molecule has 0 atom stereocenters. The van der Waals surface area contributed by atoms with Gasteiger partial charge in [-0.3, -0.25) is 19.4 Å². The molecule has 2 aliphatic heterocycles. The molecule has 45 heavy (non-hydrogen) atoms. The van der Waals surface area contributed by atoms with E-state index in [1.54, 1.807) is 12.2 Å². The van der Waals surface area contributed by atoms with Crippen LogP contribution in [0, 0.1) is 41.5 Å². The summed E-state index contributed by atoms with van der Waals surface area (Å²) in [7, 11) is 0. The van der Waals surface area contributed by atoms with E-state index in [2.05, 4.69) is 87.8 Å². The molecule has 0 bridgehead atoms. The predicted octanol–water partition coefficient (Wildman–Crippen LogP) is 6.05. The molecule has 240 valence electrons. The summed E-state index contributed by atoms with van der Waals surface area (Å²) in [4.78, 5) is 34.2. The Bertz CT molecular complexity index is 1300. The lowest BCUT2D eigenvalue weighted by molar-refractivity contribution is -0.128. The highest BCUT2D eigenvalue weighted by molar-refractivity contribution is 5.88. The van der Waals surface area contributed by atoms with E-state index in [1.165, 1.54) is 33.4 Å². The van der Waals surface area contributed by atoms with Gasteiger partial charge in [-0.1, -0.05) is 60.7 Å². The first-order chi connectivity index (χ1) is 21.6. The van der Waals surface area contributed by atoms with Crippen LogP contribution in [0.1, 0.15) is 50.9 Å². The zero-order chi connectivity index (χ0) is 32.3. The van der Waals surface area contributed by atoms with Crippen molar-refractivity contribution in [2.45, 2.75) is 48.0 Å². The second-order valence-electron chi connectivity index (χ2n) is 12.7. The number of carbonyl (C=O) groups excluding carboxylic acids is 2. The topological polar surface area (TPSA) is 47.1 Å². The van der Waals surface area contributed by atoms with E-state index in [4.69, 9.17) is 0 Å². The molecule has 0 N–H and O–H groups in total. The van der Waals surface area contributed by atoms with Gasteiger partial charge in [0.25, 0.3) is 0 Å². The number of hydrogen-bond acceptors (Lipinski definition) is 4. The molecule has 2 aliphatic rings. The number of amides is 2. The van der Waals surface area contributed by atoms with Gasteiger partial charge in [-0.15, -0.1) is 0 Å². The first-order valence-electron chi connectivity index (χ1n) is 16.5. The highest BCUT2D eigenvalue weighted by atomic mass is 16.2. The zero-order valence-corrected chi connectivity index (χ0v) is 28.3. The molecule has 2 heterocycles. The third kappa shape index (κ3) is 10.1. The molecule has 0 saturated carbocycles. The number of benzene rings is 2. The van der Waals surface area contributed by atoms with E-state index in [9.17, 15) is 9.59 Å². The molecule has 2 aromatic carbocycles. The molecule has 4 rings (SSSR count). The third-order valence-electron chi connectivity index (χ3n) is 9.49. The zero-order valence-electron chi connectivity index (χ0n) is 28.3. The van der Waals surface area contributed by atoms with Gasteiger partial charge >= 0.3 is 0 Å². The summed E-state index contributed by atoms with van der Waals surface area (Å²) in [5, 5.41) is 0. The van der Waals surface area contributed by atoms with E-state index in [1.807, 2.05) is 34.1 Å². The van der Waals surface area contributed by atoms with Crippen molar-refractivity contribution in [2.75, 3.05) is 65.4 Å². The van der Waals surface area contributed by atoms with E-state index < -0.39 is 0 Å². The quantitative estimate of drug-likeness (QED) is 0.243. The van der Waals surface area contributed by atoms with Crippen LogP contribution in [0.15, 0.2) is 60.7 Å². The maximum atomic E-state index is 12.7. The van der Waals surface area contributed by atoms with Gasteiger partial charge < -0.3 is 9.80 Å². The molecule has 0 spiro atoms. The Hall–Kier alpha value is -3.74. The first-order valence-corrected chi connectivity index (χ1v) is 16.5. The van der Waals surface area contributed by atoms with Crippen LogP contribution in [-0.4, -0.2) is 96.9 Å². The third-order valence-corrected chi connectivity index (χ3v) is 9.49. The number of nitrogens with zero attached hydrogens (tertiary/aromatic N) is 4. The lowest BCUT2D eigenvalue weighted by Crippen LogP contribution is -2.50. The predicted molar refractivity (Wildman–Crippen MR) is 188 cm³/mol. The molecule has 0 unspecified atom stereocenters. The summed E-state index contributed by atoms with van der Waals surface area (Å²) < 4.78 is 0. The molecule has 2 aromatic rings. The summed E-state index contributed by atoms with van der Waals surface area (Å²) in [6.45, 7) is 21.7. The van der Waals surface area contributed by atoms with Gasteiger partial charge in [0, 0.05) is 64.5 Å². The fraction of sp³-hybridized carbons (Fsp3) is 0.436. The van der Waals surface area contributed by atoms with Crippen molar-refractivity contribution in [2.24, 2.45) is 0 Å². The molecule has 2 saturated heterocycles. The molecule has 0 aliphatic carbocycles. The van der Waals surface area contributed by atoms with E-state index >= 15 is 0 Å². The van der Waals surface area contributed by atoms with E-state index in [-0.39, 0.29) is 11.8 Å². The molecule has 6 nitrogen and oxygen atoms in total. The van der Waals surface area contributed by atoms with Crippen LogP contribution in [0.3, 0.4) is 0 Å². The Kier molecular flexibility index (Phi) is 12.5. The molecule has 6 heteroatoms. The highest BCUT2D eigenvalue weighted by Crippen LogP contribution is 2.17. The van der Waals surface area contributed by atoms with Gasteiger partial charge in [0.1, 0.15) is 0 Å². The maximum absolute atomic E-state index is 12.7. The molecule has 2 amide bonds. The van der Waals surface area contributed by atoms with Gasteiger partial charge in [-0.25, -0.2) is 0 Å². The minimum absolute atomic E-state index is 0.0882. The molecule has 0 aromatic heterocycles. The van der Waals surface area contributed by atoms with Crippen LogP contribution in [0.2, 0.25) is 0 Å². The van der Waals surface area contributed by atoms with Crippen molar-refractivity contribution in [1.29, 1.82) is 0 Å². The Balaban J connectivity index is 1.09. The summed E-state index contributed by atoms with van der Waals surface area (Å²) >= 11 is 0. The van der Waals surface area contributed by atoms with Crippen molar-refractivity contribution in [3.05, 3.63) is 105 Å². The SMILES string of the molecule is Cc1cc(/C=C/C=C/C(=O)N2CCN(CCCN3CCN(C(=O)/C=C/C=C/c4cc(C)c(C)c(C)c4)CC3)CC2)cc(C)c1C. The van der Waals surface area contributed by atoms with Gasteiger partial charge in [-0.05, 0) is 106 Å². The van der Waals surface area contributed by atoms with Gasteiger partial charge in [0.05, 0.1) is 0 Å². The Morgan fingerprint density at radius 3 is 1.20 bits per heavy atom. The minimum Gasteiger partial charge on any atom is -0.337 e. The Morgan fingerprint density at radius 1 is 0.533 bits per heavy atom. The minimum atomic E-state index is 0.0882. The van der Waals surface area contributed by atoms with Crippen LogP contribution in [0.4, 0.5) is 0 Å². The second-order valence-corrected chi connectivity index (χ2v) is 12.7. The average Bonchev–Trinajstić information content (AvgIpc) is 3.03. The van der Waals surface area contributed by atoms with Crippen molar-refractivity contribution >= 4 is 24.0 Å². The smallest absolute Gasteiger partial charge is 0.246 e. The summed E-state index contributed by atoms with van der Waals surface area (Å²) in [6, 6.07) is 8.73. The number of hydrogen-bond donors (Lipinski definition) is 0. The van der Waals surface area contributed by atoms with Gasteiger partial charge in [0.15, 0.2) is 0 Å². The van der Waals surface area contributed by atoms with E-state index in [0.29, 0.717) is 0 Å². The lowest BCUT2D eigenvalue weighted by Gasteiger charge is -2.36. The molecule has 0 radical (unpaired) electrons. The maximum Gasteiger partial charge on any atom is 0.246 e. The normalized spacial score (nSPS) is 17.1. The largest absolute Gasteiger partial charge is 0.337 e. The molecular formula is C39H52N4O2. The Labute approximate surface area is 271 Å². The Morgan fingerprint density at radius 2 is 0.867 bits per heavy atom. The molecule has 2 fully saturated rings. The van der Waals surface area contributed by atoms with Crippen LogP contribution in [-0.2, 0) is 9.59 Å². The summed E-state index contributed by atoms with van der Waals surface area (Å²) in [6.07, 6.45) is 16.2. The van der Waals surface area contributed by atoms with Crippen LogP contribution < -0.4 is 0 Å². The summed E-state index contributed by atoms with van der Waals surface area (Å²) in [5.41, 5.74) is 10.2.